The van der Waals surface area contributed by atoms with Gasteiger partial charge in [-0.15, -0.1) is 0 Å². The molecule has 0 radical (unpaired) electrons. The number of aromatic amines is 1. The molecule has 21 heavy (non-hydrogen) atoms. The largest absolute Gasteiger partial charge is 0.381 e. The van der Waals surface area contributed by atoms with Crippen LogP contribution in [0.3, 0.4) is 0 Å². The minimum absolute atomic E-state index is 0.0518. The van der Waals surface area contributed by atoms with Crippen LogP contribution in [0.1, 0.15) is 39.9 Å². The number of rotatable bonds is 2. The number of H-pyrrole nitrogens is 1. The van der Waals surface area contributed by atoms with Gasteiger partial charge in [0.15, 0.2) is 0 Å². The Kier molecular flexibility index (Phi) is 3.44. The van der Waals surface area contributed by atoms with Crippen molar-refractivity contribution in [1.82, 2.24) is 14.9 Å². The van der Waals surface area contributed by atoms with Crippen LogP contribution in [0.5, 0.6) is 0 Å². The molecule has 1 fully saturated rings. The van der Waals surface area contributed by atoms with Gasteiger partial charge in [0.1, 0.15) is 5.82 Å². The van der Waals surface area contributed by atoms with E-state index in [1.807, 2.05) is 0 Å². The van der Waals surface area contributed by atoms with Gasteiger partial charge in [-0.1, -0.05) is 20.8 Å². The minimum atomic E-state index is 0.0518. The maximum Gasteiger partial charge on any atom is 0.112 e. The summed E-state index contributed by atoms with van der Waals surface area (Å²) < 4.78 is 0. The van der Waals surface area contributed by atoms with Crippen LogP contribution in [-0.2, 0) is 5.41 Å². The van der Waals surface area contributed by atoms with E-state index in [2.05, 4.69) is 73.1 Å². The molecule has 1 aliphatic heterocycles. The molecule has 2 atom stereocenters. The maximum absolute atomic E-state index is 4.69. The average molecular weight is 286 g/mol. The summed E-state index contributed by atoms with van der Waals surface area (Å²) in [5.74, 6) is 1.05. The molecule has 2 N–H and O–H groups in total. The number of nitrogens with one attached hydrogen (secondary N) is 2. The first kappa shape index (κ1) is 14.4. The maximum atomic E-state index is 4.69. The lowest BCUT2D eigenvalue weighted by molar-refractivity contribution is 0.330. The molecule has 1 aromatic carbocycles. The monoisotopic (exact) mass is 286 g/mol. The zero-order valence-electron chi connectivity index (χ0n) is 13.7. The summed E-state index contributed by atoms with van der Waals surface area (Å²) in [6.07, 6.45) is 1.20. The Labute approximate surface area is 126 Å². The average Bonchev–Trinajstić information content (AvgIpc) is 2.93. The van der Waals surface area contributed by atoms with Crippen LogP contribution in [0.4, 0.5) is 5.69 Å². The van der Waals surface area contributed by atoms with Crippen molar-refractivity contribution in [3.05, 3.63) is 24.0 Å². The molecule has 114 valence electrons. The van der Waals surface area contributed by atoms with Crippen molar-refractivity contribution in [3.63, 3.8) is 0 Å². The standard InChI is InChI=1S/C17H26N4/c1-11-8-13(10-21(11)5)18-12-6-7-14-15(9-12)20-16(19-14)17(2,3)4/h6-7,9,11,13,18H,8,10H2,1-5H3,(H,19,20). The highest BCUT2D eigenvalue weighted by Gasteiger charge is 2.26. The summed E-state index contributed by atoms with van der Waals surface area (Å²) in [4.78, 5) is 10.6. The lowest BCUT2D eigenvalue weighted by atomic mass is 9.96. The Morgan fingerprint density at radius 2 is 2.10 bits per heavy atom. The summed E-state index contributed by atoms with van der Waals surface area (Å²) in [6, 6.07) is 7.61. The molecule has 1 saturated heterocycles. The van der Waals surface area contributed by atoms with Crippen molar-refractivity contribution in [1.29, 1.82) is 0 Å². The molecule has 0 saturated carbocycles. The number of likely N-dealkylation sites (N-methyl/N-ethyl adjacent to an activating group) is 1. The molecule has 0 spiro atoms. The Bertz CT molecular complexity index is 628. The molecule has 4 heteroatoms. The molecular formula is C17H26N4. The summed E-state index contributed by atoms with van der Waals surface area (Å²) in [7, 11) is 2.19. The molecule has 1 aliphatic rings. The second-order valence-electron chi connectivity index (χ2n) is 7.43. The predicted molar refractivity (Wildman–Crippen MR) is 88.9 cm³/mol. The first-order valence-corrected chi connectivity index (χ1v) is 7.80. The van der Waals surface area contributed by atoms with E-state index in [9.17, 15) is 0 Å². The van der Waals surface area contributed by atoms with E-state index in [0.717, 1.165) is 23.4 Å². The second-order valence-corrected chi connectivity index (χ2v) is 7.43. The van der Waals surface area contributed by atoms with E-state index in [0.29, 0.717) is 12.1 Å². The Hall–Kier alpha value is -1.55. The van der Waals surface area contributed by atoms with Crippen LogP contribution in [-0.4, -0.2) is 40.5 Å². The van der Waals surface area contributed by atoms with Crippen molar-refractivity contribution in [3.8, 4) is 0 Å². The Balaban J connectivity index is 1.81. The van der Waals surface area contributed by atoms with Gasteiger partial charge in [-0.05, 0) is 38.6 Å². The number of imidazole rings is 1. The third kappa shape index (κ3) is 2.91. The van der Waals surface area contributed by atoms with Crippen molar-refractivity contribution >= 4 is 16.7 Å². The fourth-order valence-corrected chi connectivity index (χ4v) is 2.99. The molecule has 0 aliphatic carbocycles. The highest BCUT2D eigenvalue weighted by atomic mass is 15.2. The predicted octanol–water partition coefficient (Wildman–Crippen LogP) is 3.36. The van der Waals surface area contributed by atoms with Gasteiger partial charge >= 0.3 is 0 Å². The molecule has 2 heterocycles. The number of likely N-dealkylation sites (tertiary alicyclic amines) is 1. The zero-order valence-corrected chi connectivity index (χ0v) is 13.7. The van der Waals surface area contributed by atoms with Crippen molar-refractivity contribution in [2.24, 2.45) is 0 Å². The van der Waals surface area contributed by atoms with E-state index in [1.54, 1.807) is 0 Å². The van der Waals surface area contributed by atoms with Gasteiger partial charge in [0.05, 0.1) is 11.0 Å². The van der Waals surface area contributed by atoms with Gasteiger partial charge in [0, 0.05) is 29.7 Å². The zero-order chi connectivity index (χ0) is 15.2. The van der Waals surface area contributed by atoms with E-state index < -0.39 is 0 Å². The molecule has 0 amide bonds. The van der Waals surface area contributed by atoms with Crippen LogP contribution in [0, 0.1) is 0 Å². The molecule has 4 nitrogen and oxygen atoms in total. The fourth-order valence-electron chi connectivity index (χ4n) is 2.99. The van der Waals surface area contributed by atoms with Gasteiger partial charge < -0.3 is 15.2 Å². The third-order valence-corrected chi connectivity index (χ3v) is 4.45. The Morgan fingerprint density at radius 1 is 1.33 bits per heavy atom. The second kappa shape index (κ2) is 5.02. The molecule has 2 unspecified atom stereocenters. The number of aromatic nitrogens is 2. The van der Waals surface area contributed by atoms with Crippen LogP contribution in [0.2, 0.25) is 0 Å². The summed E-state index contributed by atoms with van der Waals surface area (Å²) >= 11 is 0. The summed E-state index contributed by atoms with van der Waals surface area (Å²) in [5, 5.41) is 3.65. The number of anilines is 1. The van der Waals surface area contributed by atoms with E-state index in [1.165, 1.54) is 12.1 Å². The van der Waals surface area contributed by atoms with Crippen LogP contribution in [0.15, 0.2) is 18.2 Å². The first-order valence-electron chi connectivity index (χ1n) is 7.80. The SMILES string of the molecule is CC1CC(Nc2ccc3nc(C(C)(C)C)[nH]c3c2)CN1C. The van der Waals surface area contributed by atoms with E-state index in [-0.39, 0.29) is 5.41 Å². The van der Waals surface area contributed by atoms with E-state index >= 15 is 0 Å². The Morgan fingerprint density at radius 3 is 2.71 bits per heavy atom. The number of nitrogens with zero attached hydrogens (tertiary/aromatic N) is 2. The molecule has 3 rings (SSSR count). The van der Waals surface area contributed by atoms with Crippen molar-refractivity contribution < 1.29 is 0 Å². The van der Waals surface area contributed by atoms with Crippen molar-refractivity contribution in [2.75, 3.05) is 18.9 Å². The smallest absolute Gasteiger partial charge is 0.112 e. The number of hydrogen-bond acceptors (Lipinski definition) is 3. The number of hydrogen-bond donors (Lipinski definition) is 2. The van der Waals surface area contributed by atoms with Gasteiger partial charge in [-0.3, -0.25) is 0 Å². The number of fused-ring (bicyclic) bond motifs is 1. The molecular weight excluding hydrogens is 260 g/mol. The summed E-state index contributed by atoms with van der Waals surface area (Å²) in [6.45, 7) is 9.93. The molecule has 1 aromatic heterocycles. The molecule has 2 aromatic rings. The quantitative estimate of drug-likeness (QED) is 0.889. The van der Waals surface area contributed by atoms with Crippen LogP contribution in [0.25, 0.3) is 11.0 Å². The van der Waals surface area contributed by atoms with Gasteiger partial charge in [0.25, 0.3) is 0 Å². The minimum Gasteiger partial charge on any atom is -0.381 e. The summed E-state index contributed by atoms with van der Waals surface area (Å²) in [5.41, 5.74) is 3.39. The van der Waals surface area contributed by atoms with E-state index in [4.69, 9.17) is 0 Å². The number of benzene rings is 1. The van der Waals surface area contributed by atoms with Gasteiger partial charge in [-0.25, -0.2) is 4.98 Å². The highest BCUT2D eigenvalue weighted by Crippen LogP contribution is 2.25. The lowest BCUT2D eigenvalue weighted by Gasteiger charge is -2.14. The van der Waals surface area contributed by atoms with Crippen LogP contribution >= 0.6 is 0 Å². The normalized spacial score (nSPS) is 23.9. The lowest BCUT2D eigenvalue weighted by Crippen LogP contribution is -2.24. The van der Waals surface area contributed by atoms with Crippen molar-refractivity contribution in [2.45, 2.75) is 51.6 Å². The third-order valence-electron chi connectivity index (χ3n) is 4.45. The topological polar surface area (TPSA) is 44.0 Å². The van der Waals surface area contributed by atoms with Crippen LogP contribution < -0.4 is 5.32 Å². The molecule has 0 bridgehead atoms. The van der Waals surface area contributed by atoms with Gasteiger partial charge in [0.2, 0.25) is 0 Å². The first-order chi connectivity index (χ1) is 9.83. The fraction of sp³-hybridized carbons (Fsp3) is 0.588. The van der Waals surface area contributed by atoms with Gasteiger partial charge in [-0.2, -0.15) is 0 Å². The highest BCUT2D eigenvalue weighted by molar-refractivity contribution is 5.79.